The molecular formula is C22H31N9O17P3S+. The van der Waals surface area contributed by atoms with Gasteiger partial charge in [-0.05, 0) is 18.7 Å². The van der Waals surface area contributed by atoms with Crippen LogP contribution in [-0.4, -0.2) is 119 Å². The second-order valence-electron chi connectivity index (χ2n) is 11.5. The van der Waals surface area contributed by atoms with E-state index in [0.29, 0.717) is 0 Å². The molecule has 4 aromatic rings. The van der Waals surface area contributed by atoms with Gasteiger partial charge in [-0.2, -0.15) is 4.31 Å². The Bertz CT molecular complexity index is 2280. The van der Waals surface area contributed by atoms with Crippen LogP contribution in [-0.2, 0) is 55.1 Å². The van der Waals surface area contributed by atoms with Gasteiger partial charge in [0, 0.05) is 0 Å². The highest BCUT2D eigenvalue weighted by Gasteiger charge is 2.49. The Morgan fingerprint density at radius 2 is 1.60 bits per heavy atom. The number of rotatable bonds is 12. The standard InChI is InChI=1S/C22H30N9O17P3S/c1-7-25-16-10(18(36)26-7)24-5-30(16)20-14(34)12(32)8(45-20)3-43-49(38,39)47-50(40,41)48-51(42,52)44-4-9-13(33)15(35)21(46-9)31-6-29(2)11-17(31)27-22(23)28-19(11)37/h5-6,8-9,12-15,20-21,32-35H,3-4H2,1-2H3,(H6-,23,25,26,27,28,36,37,38,39,40,41,42,52)/p+1/t8-,9-,12?,13?,14+,15+,20-,21-,51?/m1/s1. The quantitative estimate of drug-likeness (QED) is 0.0485. The summed E-state index contributed by atoms with van der Waals surface area (Å²) in [5, 5.41) is 42.3. The van der Waals surface area contributed by atoms with Crippen molar-refractivity contribution in [2.45, 2.75) is 56.0 Å². The fourth-order valence-electron chi connectivity index (χ4n) is 5.53. The van der Waals surface area contributed by atoms with Gasteiger partial charge in [0.2, 0.25) is 11.7 Å². The number of ether oxygens (including phenoxy) is 2. The van der Waals surface area contributed by atoms with E-state index in [1.54, 1.807) is 0 Å². The summed E-state index contributed by atoms with van der Waals surface area (Å²) in [7, 11) is -9.87. The zero-order valence-electron chi connectivity index (χ0n) is 26.4. The fraction of sp³-hybridized carbons (Fsp3) is 0.545. The molecule has 286 valence electrons. The number of aliphatic hydroxyl groups is 4. The van der Waals surface area contributed by atoms with Gasteiger partial charge >= 0.3 is 28.0 Å². The van der Waals surface area contributed by atoms with Gasteiger partial charge in [0.25, 0.3) is 17.1 Å². The van der Waals surface area contributed by atoms with Crippen LogP contribution in [0, 0.1) is 6.92 Å². The van der Waals surface area contributed by atoms with Gasteiger partial charge in [0.05, 0.1) is 26.6 Å². The number of aromatic nitrogens is 8. The predicted octanol–water partition coefficient (Wildman–Crippen LogP) is -3.70. The highest BCUT2D eigenvalue weighted by atomic mass is 32.5. The maximum absolute atomic E-state index is 12.6. The molecule has 2 saturated heterocycles. The molecule has 5 unspecified atom stereocenters. The molecule has 0 saturated carbocycles. The minimum atomic E-state index is -5.78. The summed E-state index contributed by atoms with van der Waals surface area (Å²) >= 11 is 4.70. The number of aryl methyl sites for hydroxylation is 2. The lowest BCUT2D eigenvalue weighted by atomic mass is 10.1. The lowest BCUT2D eigenvalue weighted by molar-refractivity contribution is -0.745. The Balaban J connectivity index is 1.05. The van der Waals surface area contributed by atoms with Crippen LogP contribution in [0.2, 0.25) is 0 Å². The number of fused-ring (bicyclic) bond motifs is 2. The van der Waals surface area contributed by atoms with Gasteiger partial charge in [0.15, 0.2) is 23.7 Å². The summed E-state index contributed by atoms with van der Waals surface area (Å²) in [6.45, 7) is -5.24. The van der Waals surface area contributed by atoms with Crippen molar-refractivity contribution >= 4 is 62.4 Å². The molecule has 0 aromatic carbocycles. The minimum absolute atomic E-state index is 0.00929. The van der Waals surface area contributed by atoms with Crippen molar-refractivity contribution < 1.29 is 75.9 Å². The molecule has 0 amide bonds. The highest BCUT2D eigenvalue weighted by molar-refractivity contribution is 8.08. The number of imidazole rings is 2. The van der Waals surface area contributed by atoms with E-state index in [9.17, 15) is 53.8 Å². The largest absolute Gasteiger partial charge is 0.488 e. The number of phosphoric acid groups is 2. The van der Waals surface area contributed by atoms with Crippen LogP contribution in [0.3, 0.4) is 0 Å². The van der Waals surface area contributed by atoms with Crippen LogP contribution in [0.5, 0.6) is 0 Å². The van der Waals surface area contributed by atoms with Crippen molar-refractivity contribution in [1.82, 2.24) is 34.1 Å². The molecule has 52 heavy (non-hydrogen) atoms. The van der Waals surface area contributed by atoms with Crippen molar-refractivity contribution in [2.75, 3.05) is 18.9 Å². The van der Waals surface area contributed by atoms with Crippen LogP contribution in [0.1, 0.15) is 18.3 Å². The number of hydrogen-bond donors (Lipinski definition) is 10. The van der Waals surface area contributed by atoms with Crippen LogP contribution in [0.25, 0.3) is 22.3 Å². The summed E-state index contributed by atoms with van der Waals surface area (Å²) in [6, 6.07) is 0. The van der Waals surface area contributed by atoms with Gasteiger partial charge < -0.3 is 59.8 Å². The van der Waals surface area contributed by atoms with E-state index in [1.165, 1.54) is 29.4 Å². The number of aromatic amines is 2. The molecule has 0 radical (unpaired) electrons. The third-order valence-electron chi connectivity index (χ3n) is 7.78. The number of aliphatic hydroxyl groups excluding tert-OH is 4. The maximum Gasteiger partial charge on any atom is 0.488 e. The zero-order valence-corrected chi connectivity index (χ0v) is 29.9. The molecule has 11 atom stereocenters. The number of phosphoric ester groups is 1. The third-order valence-corrected chi connectivity index (χ3v) is 12.9. The van der Waals surface area contributed by atoms with E-state index >= 15 is 0 Å². The first-order chi connectivity index (χ1) is 24.2. The Labute approximate surface area is 293 Å². The molecule has 4 aromatic heterocycles. The molecule has 6 heterocycles. The second-order valence-corrected chi connectivity index (χ2v) is 17.5. The van der Waals surface area contributed by atoms with Crippen LogP contribution >= 0.6 is 22.4 Å². The summed E-state index contributed by atoms with van der Waals surface area (Å²) in [6.07, 6.45) is -10.2. The van der Waals surface area contributed by atoms with Gasteiger partial charge in [0.1, 0.15) is 42.4 Å². The van der Waals surface area contributed by atoms with Gasteiger partial charge in [-0.1, -0.05) is 4.98 Å². The monoisotopic (exact) mass is 818 g/mol. The van der Waals surface area contributed by atoms with Crippen LogP contribution in [0.4, 0.5) is 5.95 Å². The van der Waals surface area contributed by atoms with Crippen molar-refractivity contribution in [3.8, 4) is 0 Å². The Hall–Kier alpha value is -2.91. The molecule has 11 N–H and O–H groups in total. The highest BCUT2D eigenvalue weighted by Crippen LogP contribution is 2.68. The van der Waals surface area contributed by atoms with E-state index in [0.717, 1.165) is 10.9 Å². The summed E-state index contributed by atoms with van der Waals surface area (Å²) < 4.78 is 58.2. The Morgan fingerprint density at radius 3 is 2.31 bits per heavy atom. The van der Waals surface area contributed by atoms with Gasteiger partial charge in [-0.15, -0.1) is 0 Å². The number of anilines is 1. The van der Waals surface area contributed by atoms with Crippen LogP contribution in [0.15, 0.2) is 22.2 Å². The normalized spacial score (nSPS) is 30.1. The molecule has 26 nitrogen and oxygen atoms in total. The van der Waals surface area contributed by atoms with Gasteiger partial charge in [-0.3, -0.25) is 28.2 Å². The SMILES string of the molecule is Cc1nc2c(ncn2[C@@H]2O[C@H](COP(=O)(O)OP(=O)(O)OP(O)(=S)OC[C@H]3O[C@@H]([n+]4cn(C)c5c(=O)[nH]c(N)nc54)[C@@H](O)C3O)C(O)[C@@H]2O)c(=O)[nH]1. The fourth-order valence-corrected chi connectivity index (χ4v) is 9.99. The second kappa shape index (κ2) is 14.1. The van der Waals surface area contributed by atoms with Crippen LogP contribution < -0.4 is 21.4 Å². The van der Waals surface area contributed by atoms with Gasteiger partial charge in [-0.25, -0.2) is 28.0 Å². The lowest BCUT2D eigenvalue weighted by Crippen LogP contribution is -2.46. The Kier molecular flexibility index (Phi) is 10.5. The molecule has 6 rings (SSSR count). The van der Waals surface area contributed by atoms with E-state index in [2.05, 4.69) is 38.1 Å². The van der Waals surface area contributed by atoms with Crippen molar-refractivity contribution in [3.63, 3.8) is 0 Å². The van der Waals surface area contributed by atoms with Crippen molar-refractivity contribution in [3.05, 3.63) is 39.2 Å². The Morgan fingerprint density at radius 1 is 0.942 bits per heavy atom. The molecule has 0 aliphatic carbocycles. The maximum atomic E-state index is 12.6. The summed E-state index contributed by atoms with van der Waals surface area (Å²) in [4.78, 5) is 71.9. The molecule has 2 fully saturated rings. The third kappa shape index (κ3) is 7.69. The first kappa shape index (κ1) is 38.8. The molecule has 2 aliphatic rings. The number of nitrogens with zero attached hydrogens (tertiary/aromatic N) is 6. The number of nitrogens with two attached hydrogens (primary N) is 1. The topological polar surface area (TPSA) is 375 Å². The average molecular weight is 819 g/mol. The van der Waals surface area contributed by atoms with E-state index < -0.39 is 95.8 Å². The molecule has 30 heteroatoms. The zero-order chi connectivity index (χ0) is 38.1. The van der Waals surface area contributed by atoms with Crippen molar-refractivity contribution in [2.24, 2.45) is 7.05 Å². The van der Waals surface area contributed by atoms with E-state index in [1.807, 2.05) is 0 Å². The number of hydrogen-bond acceptors (Lipinski definition) is 19. The average Bonchev–Trinajstić information content (AvgIpc) is 3.74. The number of H-pyrrole nitrogens is 2. The van der Waals surface area contributed by atoms with Crippen molar-refractivity contribution in [1.29, 1.82) is 0 Å². The first-order valence-electron chi connectivity index (χ1n) is 14.6. The molecule has 2 aliphatic heterocycles. The number of nitrogens with one attached hydrogen (secondary N) is 2. The number of nitrogen functional groups attached to an aromatic ring is 1. The lowest BCUT2D eigenvalue weighted by Gasteiger charge is -2.22. The summed E-state index contributed by atoms with van der Waals surface area (Å²) in [5.41, 5.74) is 4.35. The first-order valence-corrected chi connectivity index (χ1v) is 20.2. The van der Waals surface area contributed by atoms with E-state index in [4.69, 9.17) is 31.5 Å². The smallest absolute Gasteiger partial charge is 0.387 e. The predicted molar refractivity (Wildman–Crippen MR) is 171 cm³/mol. The molecule has 0 spiro atoms. The minimum Gasteiger partial charge on any atom is -0.387 e. The molecule has 0 bridgehead atoms. The molecular weight excluding hydrogens is 787 g/mol. The van der Waals surface area contributed by atoms with E-state index in [-0.39, 0.29) is 34.1 Å². The summed E-state index contributed by atoms with van der Waals surface area (Å²) in [5.74, 6) is -0.0439.